The molecule has 0 unspecified atom stereocenters. The van der Waals surface area contributed by atoms with Gasteiger partial charge in [-0.05, 0) is 24.7 Å². The quantitative estimate of drug-likeness (QED) is 0.673. The first-order chi connectivity index (χ1) is 9.15. The van der Waals surface area contributed by atoms with Gasteiger partial charge in [0.05, 0.1) is 5.56 Å². The smallest absolute Gasteiger partial charge is 0.258 e. The number of aromatic nitrogens is 2. The molecule has 0 aliphatic rings. The van der Waals surface area contributed by atoms with E-state index in [1.807, 2.05) is 12.3 Å². The monoisotopic (exact) mass is 313 g/mol. The van der Waals surface area contributed by atoms with Crippen molar-refractivity contribution in [1.29, 1.82) is 0 Å². The van der Waals surface area contributed by atoms with Gasteiger partial charge in [-0.2, -0.15) is 0 Å². The minimum atomic E-state index is -0.0922. The van der Waals surface area contributed by atoms with Crippen LogP contribution in [0.1, 0.15) is 34.6 Å². The van der Waals surface area contributed by atoms with Gasteiger partial charge in [-0.1, -0.05) is 36.9 Å². The summed E-state index contributed by atoms with van der Waals surface area (Å²) in [6.07, 6.45) is 0.866. The summed E-state index contributed by atoms with van der Waals surface area (Å²) in [7, 11) is 0. The SMILES string of the molecule is CCSc1nnc(NC(=O)c2csc(C)c2CC)s1. The first-order valence-corrected chi connectivity index (χ1v) is 8.68. The average Bonchev–Trinajstić information content (AvgIpc) is 2.96. The summed E-state index contributed by atoms with van der Waals surface area (Å²) in [6.45, 7) is 6.17. The van der Waals surface area contributed by atoms with E-state index in [1.165, 1.54) is 16.2 Å². The van der Waals surface area contributed by atoms with E-state index in [9.17, 15) is 4.79 Å². The van der Waals surface area contributed by atoms with Gasteiger partial charge in [-0.3, -0.25) is 10.1 Å². The summed E-state index contributed by atoms with van der Waals surface area (Å²) in [4.78, 5) is 13.4. The van der Waals surface area contributed by atoms with Crippen molar-refractivity contribution in [3.8, 4) is 0 Å². The maximum absolute atomic E-state index is 12.2. The van der Waals surface area contributed by atoms with Gasteiger partial charge in [0.25, 0.3) is 5.91 Å². The standard InChI is InChI=1S/C12H15N3OS3/c1-4-8-7(3)18-6-9(8)10(16)13-11-14-15-12(19-11)17-5-2/h6H,4-5H2,1-3H3,(H,13,14,16). The summed E-state index contributed by atoms with van der Waals surface area (Å²) in [5, 5.41) is 13.3. The van der Waals surface area contributed by atoms with Crippen molar-refractivity contribution >= 4 is 45.5 Å². The van der Waals surface area contributed by atoms with Gasteiger partial charge in [-0.25, -0.2) is 0 Å². The number of nitrogens with one attached hydrogen (secondary N) is 1. The third-order valence-electron chi connectivity index (χ3n) is 2.60. The molecule has 102 valence electrons. The lowest BCUT2D eigenvalue weighted by atomic mass is 10.1. The Kier molecular flexibility index (Phi) is 4.95. The number of nitrogens with zero attached hydrogens (tertiary/aromatic N) is 2. The largest absolute Gasteiger partial charge is 0.296 e. The molecule has 0 saturated heterocycles. The van der Waals surface area contributed by atoms with E-state index < -0.39 is 0 Å². The minimum Gasteiger partial charge on any atom is -0.296 e. The molecule has 1 amide bonds. The molecule has 1 N–H and O–H groups in total. The van der Waals surface area contributed by atoms with Gasteiger partial charge in [0, 0.05) is 10.3 Å². The number of hydrogen-bond donors (Lipinski definition) is 1. The highest BCUT2D eigenvalue weighted by Gasteiger charge is 2.16. The lowest BCUT2D eigenvalue weighted by Gasteiger charge is -2.02. The Balaban J connectivity index is 2.11. The van der Waals surface area contributed by atoms with Crippen LogP contribution in [0.2, 0.25) is 0 Å². The predicted octanol–water partition coefficient (Wildman–Crippen LogP) is 3.83. The molecule has 0 atom stereocenters. The Bertz CT molecular complexity index is 577. The first kappa shape index (κ1) is 14.5. The molecule has 0 spiro atoms. The summed E-state index contributed by atoms with van der Waals surface area (Å²) in [5.41, 5.74) is 1.88. The highest BCUT2D eigenvalue weighted by Crippen LogP contribution is 2.27. The van der Waals surface area contributed by atoms with E-state index in [1.54, 1.807) is 23.1 Å². The van der Waals surface area contributed by atoms with E-state index in [0.717, 1.165) is 27.6 Å². The number of rotatable bonds is 5. The predicted molar refractivity (Wildman–Crippen MR) is 82.7 cm³/mol. The minimum absolute atomic E-state index is 0.0922. The number of thioether (sulfide) groups is 1. The molecule has 0 saturated carbocycles. The number of carbonyl (C=O) groups is 1. The lowest BCUT2D eigenvalue weighted by Crippen LogP contribution is -2.12. The molecule has 0 aromatic carbocycles. The number of hydrogen-bond acceptors (Lipinski definition) is 6. The Morgan fingerprint density at radius 3 is 2.89 bits per heavy atom. The van der Waals surface area contributed by atoms with Crippen LogP contribution in [-0.2, 0) is 6.42 Å². The fourth-order valence-electron chi connectivity index (χ4n) is 1.72. The normalized spacial score (nSPS) is 10.7. The third-order valence-corrected chi connectivity index (χ3v) is 5.40. The van der Waals surface area contributed by atoms with Crippen LogP contribution in [0.5, 0.6) is 0 Å². The number of anilines is 1. The average molecular weight is 313 g/mol. The van der Waals surface area contributed by atoms with Gasteiger partial charge in [0.2, 0.25) is 5.13 Å². The van der Waals surface area contributed by atoms with Gasteiger partial charge in [0.15, 0.2) is 4.34 Å². The molecule has 19 heavy (non-hydrogen) atoms. The Labute approximate surface area is 124 Å². The Hall–Kier alpha value is -0.920. The van der Waals surface area contributed by atoms with Crippen molar-refractivity contribution in [1.82, 2.24) is 10.2 Å². The van der Waals surface area contributed by atoms with Crippen molar-refractivity contribution in [3.05, 3.63) is 21.4 Å². The van der Waals surface area contributed by atoms with Gasteiger partial charge < -0.3 is 0 Å². The van der Waals surface area contributed by atoms with Crippen LogP contribution in [0.25, 0.3) is 0 Å². The molecule has 0 bridgehead atoms. The van der Waals surface area contributed by atoms with Crippen molar-refractivity contribution < 1.29 is 4.79 Å². The second-order valence-electron chi connectivity index (χ2n) is 3.80. The number of aryl methyl sites for hydroxylation is 1. The first-order valence-electron chi connectivity index (χ1n) is 6.00. The van der Waals surface area contributed by atoms with Crippen molar-refractivity contribution in [2.24, 2.45) is 0 Å². The van der Waals surface area contributed by atoms with Crippen molar-refractivity contribution in [2.75, 3.05) is 11.1 Å². The summed E-state index contributed by atoms with van der Waals surface area (Å²) in [5.74, 6) is 0.858. The van der Waals surface area contributed by atoms with Crippen LogP contribution in [0.4, 0.5) is 5.13 Å². The van der Waals surface area contributed by atoms with Crippen LogP contribution in [0.15, 0.2) is 9.72 Å². The molecule has 2 heterocycles. The van der Waals surface area contributed by atoms with Crippen LogP contribution < -0.4 is 5.32 Å². The molecule has 4 nitrogen and oxygen atoms in total. The van der Waals surface area contributed by atoms with Crippen LogP contribution >= 0.6 is 34.4 Å². The highest BCUT2D eigenvalue weighted by molar-refractivity contribution is 8.01. The molecule has 2 aromatic rings. The van der Waals surface area contributed by atoms with Crippen molar-refractivity contribution in [2.45, 2.75) is 31.5 Å². The molecule has 2 rings (SSSR count). The summed E-state index contributed by atoms with van der Waals surface area (Å²) in [6, 6.07) is 0. The fourth-order valence-corrected chi connectivity index (χ4v) is 4.30. The highest BCUT2D eigenvalue weighted by atomic mass is 32.2. The van der Waals surface area contributed by atoms with E-state index in [2.05, 4.69) is 29.4 Å². The maximum atomic E-state index is 12.2. The van der Waals surface area contributed by atoms with E-state index in [-0.39, 0.29) is 5.91 Å². The van der Waals surface area contributed by atoms with E-state index in [0.29, 0.717) is 5.13 Å². The second kappa shape index (κ2) is 6.49. The zero-order valence-corrected chi connectivity index (χ0v) is 13.5. The summed E-state index contributed by atoms with van der Waals surface area (Å²) >= 11 is 4.65. The second-order valence-corrected chi connectivity index (χ2v) is 7.37. The molecule has 2 aromatic heterocycles. The molecule has 0 radical (unpaired) electrons. The molecule has 0 aliphatic heterocycles. The Morgan fingerprint density at radius 2 is 2.21 bits per heavy atom. The molecule has 7 heteroatoms. The topological polar surface area (TPSA) is 54.9 Å². The molecule has 0 aliphatic carbocycles. The molecular formula is C12H15N3OS3. The number of amides is 1. The Morgan fingerprint density at radius 1 is 1.42 bits per heavy atom. The number of carbonyl (C=O) groups excluding carboxylic acids is 1. The van der Waals surface area contributed by atoms with Gasteiger partial charge in [0.1, 0.15) is 0 Å². The molecular weight excluding hydrogens is 298 g/mol. The number of thiophene rings is 1. The van der Waals surface area contributed by atoms with Crippen LogP contribution in [0, 0.1) is 6.92 Å². The maximum Gasteiger partial charge on any atom is 0.258 e. The lowest BCUT2D eigenvalue weighted by molar-refractivity contribution is 0.102. The van der Waals surface area contributed by atoms with Gasteiger partial charge >= 0.3 is 0 Å². The van der Waals surface area contributed by atoms with Crippen LogP contribution in [-0.4, -0.2) is 21.9 Å². The molecule has 0 fully saturated rings. The summed E-state index contributed by atoms with van der Waals surface area (Å²) < 4.78 is 0.884. The zero-order chi connectivity index (χ0) is 13.8. The third kappa shape index (κ3) is 3.34. The van der Waals surface area contributed by atoms with E-state index >= 15 is 0 Å². The fraction of sp³-hybridized carbons (Fsp3) is 0.417. The zero-order valence-electron chi connectivity index (χ0n) is 11.0. The van der Waals surface area contributed by atoms with Crippen molar-refractivity contribution in [3.63, 3.8) is 0 Å². The van der Waals surface area contributed by atoms with Gasteiger partial charge in [-0.15, -0.1) is 21.5 Å². The van der Waals surface area contributed by atoms with E-state index in [4.69, 9.17) is 0 Å². The van der Waals surface area contributed by atoms with Crippen LogP contribution in [0.3, 0.4) is 0 Å².